The monoisotopic (exact) mass is 265 g/mol. The Morgan fingerprint density at radius 3 is 2.70 bits per heavy atom. The summed E-state index contributed by atoms with van der Waals surface area (Å²) in [4.78, 5) is 4.17. The molecule has 0 aliphatic carbocycles. The van der Waals surface area contributed by atoms with E-state index in [9.17, 15) is 0 Å². The molecule has 3 nitrogen and oxygen atoms in total. The van der Waals surface area contributed by atoms with Crippen LogP contribution in [0.5, 0.6) is 11.6 Å². The lowest BCUT2D eigenvalue weighted by molar-refractivity contribution is 0.297. The van der Waals surface area contributed by atoms with Crippen molar-refractivity contribution in [3.05, 3.63) is 66.4 Å². The summed E-state index contributed by atoms with van der Waals surface area (Å²) in [5.74, 6) is 1.47. The molecule has 0 unspecified atom stereocenters. The number of pyridine rings is 1. The normalized spacial score (nSPS) is 10.4. The average Bonchev–Trinajstić information content (AvgIpc) is 2.53. The molecule has 0 bridgehead atoms. The Bertz CT molecular complexity index is 720. The van der Waals surface area contributed by atoms with Crippen molar-refractivity contribution in [3.8, 4) is 11.6 Å². The first-order valence-electron chi connectivity index (χ1n) is 6.47. The van der Waals surface area contributed by atoms with Crippen LogP contribution in [0.25, 0.3) is 10.8 Å². The molecular formula is C17H15NO2. The minimum atomic E-state index is 0.436. The second-order valence-corrected chi connectivity index (χ2v) is 4.44. The van der Waals surface area contributed by atoms with Gasteiger partial charge >= 0.3 is 0 Å². The van der Waals surface area contributed by atoms with Crippen molar-refractivity contribution in [2.75, 3.05) is 7.11 Å². The summed E-state index contributed by atoms with van der Waals surface area (Å²) < 4.78 is 11.2. The molecule has 0 N–H and O–H groups in total. The van der Waals surface area contributed by atoms with Crippen LogP contribution in [0.1, 0.15) is 5.56 Å². The smallest absolute Gasteiger partial charge is 0.219 e. The third-order valence-corrected chi connectivity index (χ3v) is 3.18. The van der Waals surface area contributed by atoms with Gasteiger partial charge in [-0.2, -0.15) is 0 Å². The second kappa shape index (κ2) is 5.61. The molecule has 2 aromatic carbocycles. The summed E-state index contributed by atoms with van der Waals surface area (Å²) in [5.41, 5.74) is 0.933. The molecule has 0 radical (unpaired) electrons. The van der Waals surface area contributed by atoms with Crippen LogP contribution in [0.3, 0.4) is 0 Å². The molecule has 0 saturated heterocycles. The minimum Gasteiger partial charge on any atom is -0.488 e. The van der Waals surface area contributed by atoms with Crippen LogP contribution in [-0.2, 0) is 6.61 Å². The first kappa shape index (κ1) is 12.5. The number of rotatable bonds is 4. The zero-order valence-corrected chi connectivity index (χ0v) is 11.2. The minimum absolute atomic E-state index is 0.436. The molecule has 1 heterocycles. The summed E-state index contributed by atoms with van der Waals surface area (Å²) in [6.45, 7) is 0.436. The molecule has 0 fully saturated rings. The molecular weight excluding hydrogens is 250 g/mol. The number of benzene rings is 2. The van der Waals surface area contributed by atoms with Gasteiger partial charge in [-0.1, -0.05) is 36.4 Å². The molecule has 3 heteroatoms. The van der Waals surface area contributed by atoms with E-state index < -0.39 is 0 Å². The lowest BCUT2D eigenvalue weighted by Gasteiger charge is -2.11. The predicted octanol–water partition coefficient (Wildman–Crippen LogP) is 3.82. The highest BCUT2D eigenvalue weighted by Crippen LogP contribution is 2.26. The van der Waals surface area contributed by atoms with Crippen LogP contribution >= 0.6 is 0 Å². The number of nitrogens with zero attached hydrogens (tertiary/aromatic N) is 1. The van der Waals surface area contributed by atoms with Crippen molar-refractivity contribution in [2.45, 2.75) is 6.61 Å². The summed E-state index contributed by atoms with van der Waals surface area (Å²) in [7, 11) is 1.61. The Kier molecular flexibility index (Phi) is 3.50. The van der Waals surface area contributed by atoms with Crippen molar-refractivity contribution >= 4 is 10.8 Å². The van der Waals surface area contributed by atoms with Crippen molar-refractivity contribution in [3.63, 3.8) is 0 Å². The van der Waals surface area contributed by atoms with E-state index in [4.69, 9.17) is 9.47 Å². The van der Waals surface area contributed by atoms with E-state index in [1.54, 1.807) is 13.3 Å². The SMILES string of the molecule is COc1ncccc1COc1cccc2ccccc12. The van der Waals surface area contributed by atoms with Crippen molar-refractivity contribution in [2.24, 2.45) is 0 Å². The lowest BCUT2D eigenvalue weighted by Crippen LogP contribution is -2.00. The van der Waals surface area contributed by atoms with Gasteiger partial charge in [-0.3, -0.25) is 0 Å². The summed E-state index contributed by atoms with van der Waals surface area (Å²) in [6, 6.07) is 18.1. The van der Waals surface area contributed by atoms with E-state index in [-0.39, 0.29) is 0 Å². The van der Waals surface area contributed by atoms with E-state index >= 15 is 0 Å². The fraction of sp³-hybridized carbons (Fsp3) is 0.118. The van der Waals surface area contributed by atoms with Gasteiger partial charge in [-0.05, 0) is 23.6 Å². The molecule has 20 heavy (non-hydrogen) atoms. The zero-order valence-electron chi connectivity index (χ0n) is 11.2. The maximum Gasteiger partial charge on any atom is 0.219 e. The van der Waals surface area contributed by atoms with Gasteiger partial charge in [0.25, 0.3) is 0 Å². The van der Waals surface area contributed by atoms with Crippen molar-refractivity contribution in [1.29, 1.82) is 0 Å². The molecule has 0 amide bonds. The fourth-order valence-corrected chi connectivity index (χ4v) is 2.19. The van der Waals surface area contributed by atoms with Crippen LogP contribution in [0.15, 0.2) is 60.8 Å². The second-order valence-electron chi connectivity index (χ2n) is 4.44. The summed E-state index contributed by atoms with van der Waals surface area (Å²) in [5, 5.41) is 2.28. The first-order valence-corrected chi connectivity index (χ1v) is 6.47. The maximum atomic E-state index is 5.93. The Labute approximate surface area is 117 Å². The highest BCUT2D eigenvalue weighted by molar-refractivity contribution is 5.88. The molecule has 0 atom stereocenters. The lowest BCUT2D eigenvalue weighted by atomic mass is 10.1. The summed E-state index contributed by atoms with van der Waals surface area (Å²) >= 11 is 0. The topological polar surface area (TPSA) is 31.4 Å². The molecule has 0 aliphatic heterocycles. The van der Waals surface area contributed by atoms with Crippen LogP contribution in [0.4, 0.5) is 0 Å². The van der Waals surface area contributed by atoms with Crippen molar-refractivity contribution in [1.82, 2.24) is 4.98 Å². The number of aromatic nitrogens is 1. The summed E-state index contributed by atoms with van der Waals surface area (Å²) in [6.07, 6.45) is 1.71. The van der Waals surface area contributed by atoms with Gasteiger partial charge in [-0.15, -0.1) is 0 Å². The molecule has 0 saturated carbocycles. The molecule has 100 valence electrons. The number of fused-ring (bicyclic) bond motifs is 1. The van der Waals surface area contributed by atoms with Crippen LogP contribution in [0, 0.1) is 0 Å². The Morgan fingerprint density at radius 1 is 0.950 bits per heavy atom. The Morgan fingerprint density at radius 2 is 1.80 bits per heavy atom. The number of methoxy groups -OCH3 is 1. The van der Waals surface area contributed by atoms with E-state index in [1.165, 1.54) is 5.39 Å². The van der Waals surface area contributed by atoms with Gasteiger partial charge in [0.1, 0.15) is 12.4 Å². The molecule has 0 aliphatic rings. The molecule has 3 rings (SSSR count). The van der Waals surface area contributed by atoms with Crippen molar-refractivity contribution < 1.29 is 9.47 Å². The standard InChI is InChI=1S/C17H15NO2/c1-19-17-14(8-5-11-18-17)12-20-16-10-4-7-13-6-2-3-9-15(13)16/h2-11H,12H2,1H3. The van der Waals surface area contributed by atoms with Gasteiger partial charge in [0.05, 0.1) is 12.7 Å². The highest BCUT2D eigenvalue weighted by Gasteiger charge is 2.06. The van der Waals surface area contributed by atoms with Gasteiger partial charge < -0.3 is 9.47 Å². The zero-order chi connectivity index (χ0) is 13.8. The predicted molar refractivity (Wildman–Crippen MR) is 79.1 cm³/mol. The Balaban J connectivity index is 1.87. The quantitative estimate of drug-likeness (QED) is 0.718. The van der Waals surface area contributed by atoms with E-state index in [0.717, 1.165) is 16.7 Å². The van der Waals surface area contributed by atoms with Gasteiger partial charge in [0.15, 0.2) is 0 Å². The maximum absolute atomic E-state index is 5.93. The van der Waals surface area contributed by atoms with E-state index in [0.29, 0.717) is 12.5 Å². The first-order chi connectivity index (χ1) is 9.88. The number of ether oxygens (including phenoxy) is 2. The highest BCUT2D eigenvalue weighted by atomic mass is 16.5. The Hall–Kier alpha value is -2.55. The van der Waals surface area contributed by atoms with E-state index in [1.807, 2.05) is 36.4 Å². The van der Waals surface area contributed by atoms with Crippen LogP contribution in [-0.4, -0.2) is 12.1 Å². The van der Waals surface area contributed by atoms with Gasteiger partial charge in [0.2, 0.25) is 5.88 Å². The van der Waals surface area contributed by atoms with Crippen LogP contribution < -0.4 is 9.47 Å². The van der Waals surface area contributed by atoms with E-state index in [2.05, 4.69) is 23.2 Å². The molecule has 3 aromatic rings. The largest absolute Gasteiger partial charge is 0.488 e. The number of hydrogen-bond donors (Lipinski definition) is 0. The van der Waals surface area contributed by atoms with Gasteiger partial charge in [0, 0.05) is 11.6 Å². The van der Waals surface area contributed by atoms with Crippen LogP contribution in [0.2, 0.25) is 0 Å². The number of hydrogen-bond acceptors (Lipinski definition) is 3. The molecule has 1 aromatic heterocycles. The molecule has 0 spiro atoms. The third kappa shape index (κ3) is 2.43. The fourth-order valence-electron chi connectivity index (χ4n) is 2.19. The van der Waals surface area contributed by atoms with Gasteiger partial charge in [-0.25, -0.2) is 4.98 Å². The average molecular weight is 265 g/mol. The third-order valence-electron chi connectivity index (χ3n) is 3.18.